The minimum Gasteiger partial charge on any atom is -0.369 e. The van der Waals surface area contributed by atoms with E-state index in [0.29, 0.717) is 0 Å². The van der Waals surface area contributed by atoms with Crippen LogP contribution in [-0.2, 0) is 0 Å². The fourth-order valence-electron chi connectivity index (χ4n) is 3.06. The molecule has 0 aliphatic carbocycles. The van der Waals surface area contributed by atoms with Crippen molar-refractivity contribution in [2.45, 2.75) is 13.8 Å². The molecule has 2 aromatic rings. The number of amides is 2. The minimum absolute atomic E-state index is 0.221. The van der Waals surface area contributed by atoms with Gasteiger partial charge in [0.1, 0.15) is 0 Å². The lowest BCUT2D eigenvalue weighted by Gasteiger charge is -2.34. The Kier molecular flexibility index (Phi) is 5.24. The Hall–Kier alpha value is -2.53. The number of anilines is 3. The van der Waals surface area contributed by atoms with Gasteiger partial charge < -0.3 is 20.4 Å². The number of benzene rings is 2. The Balaban J connectivity index is 1.63. The second-order valence-electron chi connectivity index (χ2n) is 6.74. The van der Waals surface area contributed by atoms with Gasteiger partial charge in [-0.25, -0.2) is 4.79 Å². The molecule has 0 radical (unpaired) electrons. The number of piperazine rings is 1. The molecule has 3 rings (SSSR count). The number of nitrogens with one attached hydrogen (secondary N) is 2. The molecule has 5 heteroatoms. The van der Waals surface area contributed by atoms with Gasteiger partial charge in [0.05, 0.1) is 0 Å². The first-order chi connectivity index (χ1) is 12.0. The summed E-state index contributed by atoms with van der Waals surface area (Å²) in [5.74, 6) is 0. The van der Waals surface area contributed by atoms with Crippen LogP contribution < -0.4 is 15.5 Å². The Morgan fingerprint density at radius 1 is 0.960 bits per heavy atom. The zero-order chi connectivity index (χ0) is 17.8. The Morgan fingerprint density at radius 2 is 1.72 bits per heavy atom. The van der Waals surface area contributed by atoms with Crippen LogP contribution in [0.2, 0.25) is 0 Å². The van der Waals surface area contributed by atoms with Gasteiger partial charge in [-0.2, -0.15) is 0 Å². The maximum Gasteiger partial charge on any atom is 0.323 e. The lowest BCUT2D eigenvalue weighted by atomic mass is 10.1. The molecule has 0 aromatic heterocycles. The largest absolute Gasteiger partial charge is 0.369 e. The summed E-state index contributed by atoms with van der Waals surface area (Å²) in [7, 11) is 2.16. The van der Waals surface area contributed by atoms with Crippen molar-refractivity contribution in [2.75, 3.05) is 48.8 Å². The SMILES string of the molecule is Cc1cccc(NC(=O)Nc2ccc(N3CCN(C)CC3)cc2C)c1. The van der Waals surface area contributed by atoms with Gasteiger partial charge in [0.15, 0.2) is 0 Å². The Morgan fingerprint density at radius 3 is 2.40 bits per heavy atom. The zero-order valence-corrected chi connectivity index (χ0v) is 15.2. The first-order valence-electron chi connectivity index (χ1n) is 8.70. The Bertz CT molecular complexity index is 751. The third-order valence-corrected chi connectivity index (χ3v) is 4.60. The molecule has 132 valence electrons. The molecule has 1 aliphatic heterocycles. The summed E-state index contributed by atoms with van der Waals surface area (Å²) < 4.78 is 0. The third-order valence-electron chi connectivity index (χ3n) is 4.60. The molecule has 2 N–H and O–H groups in total. The van der Waals surface area contributed by atoms with E-state index in [-0.39, 0.29) is 6.03 Å². The van der Waals surface area contributed by atoms with Crippen LogP contribution in [0.15, 0.2) is 42.5 Å². The fraction of sp³-hybridized carbons (Fsp3) is 0.350. The van der Waals surface area contributed by atoms with E-state index in [1.807, 2.05) is 44.2 Å². The minimum atomic E-state index is -0.221. The van der Waals surface area contributed by atoms with Gasteiger partial charge >= 0.3 is 6.03 Å². The molecule has 1 aliphatic rings. The normalized spacial score (nSPS) is 15.1. The molecule has 2 amide bonds. The van der Waals surface area contributed by atoms with Gasteiger partial charge in [-0.15, -0.1) is 0 Å². The number of carbonyl (C=O) groups is 1. The molecule has 0 saturated carbocycles. The number of rotatable bonds is 3. The van der Waals surface area contributed by atoms with Crippen LogP contribution in [0, 0.1) is 13.8 Å². The average molecular weight is 338 g/mol. The predicted molar refractivity (Wildman–Crippen MR) is 105 cm³/mol. The smallest absolute Gasteiger partial charge is 0.323 e. The molecule has 0 bridgehead atoms. The highest BCUT2D eigenvalue weighted by Gasteiger charge is 2.15. The van der Waals surface area contributed by atoms with Crippen molar-refractivity contribution in [2.24, 2.45) is 0 Å². The van der Waals surface area contributed by atoms with E-state index >= 15 is 0 Å². The van der Waals surface area contributed by atoms with Crippen LogP contribution in [0.3, 0.4) is 0 Å². The maximum absolute atomic E-state index is 12.2. The lowest BCUT2D eigenvalue weighted by Crippen LogP contribution is -2.44. The van der Waals surface area contributed by atoms with E-state index in [9.17, 15) is 4.79 Å². The van der Waals surface area contributed by atoms with E-state index in [0.717, 1.165) is 48.7 Å². The van der Waals surface area contributed by atoms with Gasteiger partial charge in [-0.05, 0) is 62.4 Å². The third kappa shape index (κ3) is 4.51. The van der Waals surface area contributed by atoms with Crippen molar-refractivity contribution in [3.05, 3.63) is 53.6 Å². The number of urea groups is 1. The molecule has 0 unspecified atom stereocenters. The highest BCUT2D eigenvalue weighted by molar-refractivity contribution is 6.00. The summed E-state index contributed by atoms with van der Waals surface area (Å²) in [5, 5.41) is 5.81. The summed E-state index contributed by atoms with van der Waals surface area (Å²) in [6, 6.07) is 13.8. The van der Waals surface area contributed by atoms with Gasteiger partial charge in [0, 0.05) is 43.2 Å². The number of hydrogen-bond acceptors (Lipinski definition) is 3. The van der Waals surface area contributed by atoms with E-state index in [1.54, 1.807) is 0 Å². The lowest BCUT2D eigenvalue weighted by molar-refractivity contribution is 0.262. The van der Waals surface area contributed by atoms with Crippen LogP contribution in [0.1, 0.15) is 11.1 Å². The summed E-state index contributed by atoms with van der Waals surface area (Å²) in [5.41, 5.74) is 5.03. The van der Waals surface area contributed by atoms with E-state index < -0.39 is 0 Å². The van der Waals surface area contributed by atoms with Crippen LogP contribution in [0.25, 0.3) is 0 Å². The molecule has 25 heavy (non-hydrogen) atoms. The standard InChI is InChI=1S/C20H26N4O/c1-15-5-4-6-17(13-15)21-20(25)22-19-8-7-18(14-16(19)2)24-11-9-23(3)10-12-24/h4-8,13-14H,9-12H2,1-3H3,(H2,21,22,25). The van der Waals surface area contributed by atoms with Crippen LogP contribution in [0.4, 0.5) is 21.9 Å². The number of aryl methyl sites for hydroxylation is 2. The molecule has 1 fully saturated rings. The second-order valence-corrected chi connectivity index (χ2v) is 6.74. The quantitative estimate of drug-likeness (QED) is 0.897. The van der Waals surface area contributed by atoms with Crippen molar-refractivity contribution < 1.29 is 4.79 Å². The van der Waals surface area contributed by atoms with Crippen molar-refractivity contribution in [1.82, 2.24) is 4.90 Å². The summed E-state index contributed by atoms with van der Waals surface area (Å²) in [6.07, 6.45) is 0. The van der Waals surface area contributed by atoms with Crippen LogP contribution in [0.5, 0.6) is 0 Å². The first-order valence-corrected chi connectivity index (χ1v) is 8.70. The molecule has 0 atom stereocenters. The summed E-state index contributed by atoms with van der Waals surface area (Å²) in [4.78, 5) is 17.0. The summed E-state index contributed by atoms with van der Waals surface area (Å²) in [6.45, 7) is 8.27. The predicted octanol–water partition coefficient (Wildman–Crippen LogP) is 3.70. The van der Waals surface area contributed by atoms with Gasteiger partial charge in [-0.1, -0.05) is 12.1 Å². The second kappa shape index (κ2) is 7.57. The number of likely N-dealkylation sites (N-methyl/N-ethyl adjacent to an activating group) is 1. The first kappa shape index (κ1) is 17.3. The molecular weight excluding hydrogens is 312 g/mol. The average Bonchev–Trinajstić information content (AvgIpc) is 2.57. The van der Waals surface area contributed by atoms with Crippen molar-refractivity contribution >= 4 is 23.1 Å². The molecule has 2 aromatic carbocycles. The van der Waals surface area contributed by atoms with Gasteiger partial charge in [0.25, 0.3) is 0 Å². The molecule has 1 heterocycles. The van der Waals surface area contributed by atoms with E-state index in [1.165, 1.54) is 5.69 Å². The number of nitrogens with zero attached hydrogens (tertiary/aromatic N) is 2. The van der Waals surface area contributed by atoms with Gasteiger partial charge in [-0.3, -0.25) is 0 Å². The van der Waals surface area contributed by atoms with Crippen molar-refractivity contribution in [3.63, 3.8) is 0 Å². The monoisotopic (exact) mass is 338 g/mol. The topological polar surface area (TPSA) is 47.6 Å². The van der Waals surface area contributed by atoms with Crippen LogP contribution >= 0.6 is 0 Å². The van der Waals surface area contributed by atoms with Crippen LogP contribution in [-0.4, -0.2) is 44.2 Å². The molecular formula is C20H26N4O. The van der Waals surface area contributed by atoms with E-state index in [2.05, 4.69) is 39.6 Å². The van der Waals surface area contributed by atoms with E-state index in [4.69, 9.17) is 0 Å². The molecule has 5 nitrogen and oxygen atoms in total. The molecule has 1 saturated heterocycles. The fourth-order valence-corrected chi connectivity index (χ4v) is 3.06. The number of hydrogen-bond donors (Lipinski definition) is 2. The maximum atomic E-state index is 12.2. The Labute approximate surface area is 149 Å². The van der Waals surface area contributed by atoms with Crippen molar-refractivity contribution in [3.8, 4) is 0 Å². The zero-order valence-electron chi connectivity index (χ0n) is 15.2. The van der Waals surface area contributed by atoms with Crippen molar-refractivity contribution in [1.29, 1.82) is 0 Å². The highest BCUT2D eigenvalue weighted by atomic mass is 16.2. The highest BCUT2D eigenvalue weighted by Crippen LogP contribution is 2.24. The number of carbonyl (C=O) groups excluding carboxylic acids is 1. The summed E-state index contributed by atoms with van der Waals surface area (Å²) >= 11 is 0. The molecule has 0 spiro atoms. The van der Waals surface area contributed by atoms with Gasteiger partial charge in [0.2, 0.25) is 0 Å².